The van der Waals surface area contributed by atoms with Gasteiger partial charge >= 0.3 is 0 Å². The van der Waals surface area contributed by atoms with Crippen molar-refractivity contribution in [2.75, 3.05) is 6.61 Å². The maximum atomic E-state index is 8.13. The van der Waals surface area contributed by atoms with E-state index in [0.29, 0.717) is 17.3 Å². The van der Waals surface area contributed by atoms with E-state index >= 15 is 0 Å². The minimum absolute atomic E-state index is 0.0103. The predicted octanol–water partition coefficient (Wildman–Crippen LogP) is 2.84. The van der Waals surface area contributed by atoms with Gasteiger partial charge in [0.15, 0.2) is 5.15 Å². The molecule has 0 saturated heterocycles. The van der Waals surface area contributed by atoms with E-state index in [0.717, 1.165) is 0 Å². The van der Waals surface area contributed by atoms with E-state index in [9.17, 15) is 0 Å². The molecule has 0 aliphatic rings. The predicted molar refractivity (Wildman–Crippen MR) is 62.3 cm³/mol. The smallest absolute Gasteiger partial charge is 0.151 e. The van der Waals surface area contributed by atoms with Gasteiger partial charge < -0.3 is 0 Å². The van der Waals surface area contributed by atoms with Gasteiger partial charge in [0.2, 0.25) is 0 Å². The molecule has 1 rings (SSSR count). The molecule has 0 aromatic carbocycles. The Kier molecular flexibility index (Phi) is 5.71. The highest BCUT2D eigenvalue weighted by atomic mass is 35.5. The van der Waals surface area contributed by atoms with Crippen LogP contribution in [0.15, 0.2) is 37.2 Å². The first-order valence-electron chi connectivity index (χ1n) is 4.80. The van der Waals surface area contributed by atoms with Gasteiger partial charge in [-0.05, 0) is 6.42 Å². The molecule has 1 unspecified atom stereocenters. The normalized spacial score (nSPS) is 12.9. The Morgan fingerprint density at radius 3 is 2.81 bits per heavy atom. The molecule has 0 saturated carbocycles. The summed E-state index contributed by atoms with van der Waals surface area (Å²) < 4.78 is 0. The molecule has 0 aliphatic carbocycles. The maximum Gasteiger partial charge on any atom is 0.151 e. The lowest BCUT2D eigenvalue weighted by Crippen LogP contribution is -1.99. The summed E-state index contributed by atoms with van der Waals surface area (Å²) in [6.07, 6.45) is 9.17. The molecule has 0 fully saturated rings. The van der Waals surface area contributed by atoms with Crippen LogP contribution in [0.3, 0.4) is 0 Å². The summed E-state index contributed by atoms with van der Waals surface area (Å²) in [7, 11) is 0. The van der Waals surface area contributed by atoms with E-state index in [1.54, 1.807) is 24.5 Å². The second-order valence-corrected chi connectivity index (χ2v) is 3.44. The topological polar surface area (TPSA) is 55.2 Å². The van der Waals surface area contributed by atoms with Gasteiger partial charge in [-0.15, -0.1) is 6.58 Å². The highest BCUT2D eigenvalue weighted by molar-refractivity contribution is 6.30. The molecule has 0 aliphatic heterocycles. The molecule has 1 heterocycles. The van der Waals surface area contributed by atoms with E-state index in [1.807, 2.05) is 6.08 Å². The Morgan fingerprint density at radius 1 is 1.44 bits per heavy atom. The second-order valence-electron chi connectivity index (χ2n) is 3.08. The van der Waals surface area contributed by atoms with Crippen molar-refractivity contribution >= 4 is 11.6 Å². The SMILES string of the molecule is C=CC(C/C=C/COO)c1nccnc1Cl. The fourth-order valence-electron chi connectivity index (χ4n) is 1.25. The summed E-state index contributed by atoms with van der Waals surface area (Å²) in [6.45, 7) is 3.90. The summed E-state index contributed by atoms with van der Waals surface area (Å²) in [5.41, 5.74) is 0.703. The molecule has 0 spiro atoms. The van der Waals surface area contributed by atoms with Crippen molar-refractivity contribution in [2.45, 2.75) is 12.3 Å². The van der Waals surface area contributed by atoms with Gasteiger partial charge in [0.1, 0.15) is 6.61 Å². The van der Waals surface area contributed by atoms with Crippen LogP contribution in [0.25, 0.3) is 0 Å². The van der Waals surface area contributed by atoms with Gasteiger partial charge in [0.05, 0.1) is 5.69 Å². The summed E-state index contributed by atoms with van der Waals surface area (Å²) in [5.74, 6) is 0.0103. The maximum absolute atomic E-state index is 8.13. The average molecular weight is 241 g/mol. The van der Waals surface area contributed by atoms with Crippen molar-refractivity contribution in [2.24, 2.45) is 0 Å². The molecule has 0 radical (unpaired) electrons. The van der Waals surface area contributed by atoms with Gasteiger partial charge in [-0.3, -0.25) is 10.2 Å². The third-order valence-corrected chi connectivity index (χ3v) is 2.33. The molecule has 16 heavy (non-hydrogen) atoms. The third kappa shape index (κ3) is 3.73. The largest absolute Gasteiger partial charge is 0.256 e. The van der Waals surface area contributed by atoms with Gasteiger partial charge in [-0.2, -0.15) is 0 Å². The van der Waals surface area contributed by atoms with Crippen LogP contribution in [0.1, 0.15) is 18.0 Å². The minimum atomic E-state index is 0.0103. The monoisotopic (exact) mass is 240 g/mol. The highest BCUT2D eigenvalue weighted by Gasteiger charge is 2.11. The Morgan fingerprint density at radius 2 is 2.19 bits per heavy atom. The summed E-state index contributed by atoms with van der Waals surface area (Å²) in [5, 5.41) is 8.52. The molecule has 4 nitrogen and oxygen atoms in total. The molecule has 0 bridgehead atoms. The van der Waals surface area contributed by atoms with Gasteiger partial charge in [-0.25, -0.2) is 9.87 Å². The number of rotatable bonds is 6. The fraction of sp³-hybridized carbons (Fsp3) is 0.273. The lowest BCUT2D eigenvalue weighted by molar-refractivity contribution is -0.231. The number of nitrogens with zero attached hydrogens (tertiary/aromatic N) is 2. The Hall–Kier alpha value is -1.23. The first-order valence-corrected chi connectivity index (χ1v) is 5.17. The zero-order valence-corrected chi connectivity index (χ0v) is 9.47. The van der Waals surface area contributed by atoms with Crippen molar-refractivity contribution in [1.29, 1.82) is 0 Å². The average Bonchev–Trinajstić information content (AvgIpc) is 2.31. The van der Waals surface area contributed by atoms with Gasteiger partial charge in [-0.1, -0.05) is 29.8 Å². The minimum Gasteiger partial charge on any atom is -0.256 e. The number of aromatic nitrogens is 2. The fourth-order valence-corrected chi connectivity index (χ4v) is 1.50. The first kappa shape index (κ1) is 12.8. The van der Waals surface area contributed by atoms with Crippen LogP contribution >= 0.6 is 11.6 Å². The number of halogens is 1. The van der Waals surface area contributed by atoms with Crippen LogP contribution in [0.5, 0.6) is 0 Å². The number of hydrogen-bond donors (Lipinski definition) is 1. The van der Waals surface area contributed by atoms with Gasteiger partial charge in [0, 0.05) is 18.3 Å². The molecule has 86 valence electrons. The highest BCUT2D eigenvalue weighted by Crippen LogP contribution is 2.24. The van der Waals surface area contributed by atoms with Crippen LogP contribution < -0.4 is 0 Å². The van der Waals surface area contributed by atoms with Crippen molar-refractivity contribution in [3.05, 3.63) is 48.0 Å². The van der Waals surface area contributed by atoms with Crippen molar-refractivity contribution in [1.82, 2.24) is 9.97 Å². The lowest BCUT2D eigenvalue weighted by atomic mass is 10.0. The van der Waals surface area contributed by atoms with Crippen molar-refractivity contribution in [3.8, 4) is 0 Å². The van der Waals surface area contributed by atoms with Crippen molar-refractivity contribution < 1.29 is 10.1 Å². The summed E-state index contributed by atoms with van der Waals surface area (Å²) in [6, 6.07) is 0. The lowest BCUT2D eigenvalue weighted by Gasteiger charge is -2.09. The molecule has 1 aromatic heterocycles. The Balaban J connectivity index is 2.68. The number of hydrogen-bond acceptors (Lipinski definition) is 4. The second kappa shape index (κ2) is 7.11. The third-order valence-electron chi connectivity index (χ3n) is 2.04. The van der Waals surface area contributed by atoms with Crippen molar-refractivity contribution in [3.63, 3.8) is 0 Å². The zero-order chi connectivity index (χ0) is 11.8. The molecule has 1 N–H and O–H groups in total. The summed E-state index contributed by atoms with van der Waals surface area (Å²) in [4.78, 5) is 12.0. The van der Waals surface area contributed by atoms with E-state index in [-0.39, 0.29) is 12.5 Å². The summed E-state index contributed by atoms with van der Waals surface area (Å²) >= 11 is 5.93. The van der Waals surface area contributed by atoms with Crippen LogP contribution in [-0.2, 0) is 4.89 Å². The molecular formula is C11H13ClN2O2. The molecule has 5 heteroatoms. The molecule has 1 aromatic rings. The van der Waals surface area contributed by atoms with Crippen LogP contribution in [0, 0.1) is 0 Å². The van der Waals surface area contributed by atoms with E-state index in [2.05, 4.69) is 21.4 Å². The Bertz CT molecular complexity index is 369. The first-order chi connectivity index (χ1) is 7.79. The zero-order valence-electron chi connectivity index (χ0n) is 8.71. The number of allylic oxidation sites excluding steroid dienone is 2. The van der Waals surface area contributed by atoms with E-state index in [1.165, 1.54) is 0 Å². The van der Waals surface area contributed by atoms with Crippen LogP contribution in [0.4, 0.5) is 0 Å². The van der Waals surface area contributed by atoms with Crippen LogP contribution in [0.2, 0.25) is 5.15 Å². The molecule has 0 amide bonds. The Labute approximate surface area is 99.2 Å². The van der Waals surface area contributed by atoms with E-state index < -0.39 is 0 Å². The molecular weight excluding hydrogens is 228 g/mol. The van der Waals surface area contributed by atoms with E-state index in [4.69, 9.17) is 16.9 Å². The van der Waals surface area contributed by atoms with Gasteiger partial charge in [0.25, 0.3) is 0 Å². The van der Waals surface area contributed by atoms with Crippen LogP contribution in [-0.4, -0.2) is 21.8 Å². The standard InChI is InChI=1S/C11H13ClN2O2/c1-2-9(5-3-4-8-16-15)10-11(12)14-7-6-13-10/h2-4,6-7,9,15H,1,5,8H2/b4-3+. The molecule has 1 atom stereocenters. The quantitative estimate of drug-likeness (QED) is 0.472.